The Hall–Kier alpha value is -3.94. The predicted molar refractivity (Wildman–Crippen MR) is 160 cm³/mol. The molecule has 4 saturated heterocycles. The van der Waals surface area contributed by atoms with Gasteiger partial charge in [-0.25, -0.2) is 0 Å². The summed E-state index contributed by atoms with van der Waals surface area (Å²) in [6.07, 6.45) is -2.64. The molecule has 6 fully saturated rings. The molecule has 4 amide bonds. The summed E-state index contributed by atoms with van der Waals surface area (Å²) in [5, 5.41) is 9.71. The van der Waals surface area contributed by atoms with Gasteiger partial charge in [-0.2, -0.15) is 18.3 Å². The molecule has 252 valence electrons. The zero-order valence-electron chi connectivity index (χ0n) is 26.5. The molecule has 1 aromatic carbocycles. The molecule has 1 unspecified atom stereocenters. The first kappa shape index (κ1) is 31.6. The summed E-state index contributed by atoms with van der Waals surface area (Å²) in [5.41, 5.74) is -2.01. The molecule has 2 bridgehead atoms. The normalized spacial score (nSPS) is 29.9. The van der Waals surface area contributed by atoms with Crippen molar-refractivity contribution in [3.63, 3.8) is 0 Å². The number of nitrogens with one attached hydrogen (secondary N) is 2. The SMILES string of the molecule is CNC(=O)[C@H]1NC(=O)[C@@H]2CN(C(=O)c3cnn(Cc4ccccc4)c3)CC23CN(C3)C(=O)[C@H]2C([C@H]1OCC1(C(F)(F)F)CC1)C2(C)C. The van der Waals surface area contributed by atoms with Crippen LogP contribution in [0.15, 0.2) is 42.7 Å². The summed E-state index contributed by atoms with van der Waals surface area (Å²) in [5.74, 6) is -3.52. The van der Waals surface area contributed by atoms with Gasteiger partial charge in [-0.1, -0.05) is 44.2 Å². The van der Waals surface area contributed by atoms with Crippen molar-refractivity contribution in [1.29, 1.82) is 0 Å². The number of benzene rings is 1. The number of nitrogens with zero attached hydrogens (tertiary/aromatic N) is 4. The van der Waals surface area contributed by atoms with Crippen molar-refractivity contribution in [3.05, 3.63) is 53.9 Å². The van der Waals surface area contributed by atoms with Gasteiger partial charge < -0.3 is 25.2 Å². The van der Waals surface area contributed by atoms with Gasteiger partial charge in [-0.15, -0.1) is 0 Å². The molecule has 5 atom stereocenters. The predicted octanol–water partition coefficient (Wildman–Crippen LogP) is 2.08. The summed E-state index contributed by atoms with van der Waals surface area (Å²) < 4.78 is 49.3. The van der Waals surface area contributed by atoms with Crippen molar-refractivity contribution in [2.75, 3.05) is 39.8 Å². The largest absolute Gasteiger partial charge is 0.396 e. The van der Waals surface area contributed by atoms with E-state index in [9.17, 15) is 32.3 Å². The number of aromatic nitrogens is 2. The number of likely N-dealkylation sites (N-methyl/N-ethyl adjacent to an activating group) is 1. The Morgan fingerprint density at radius 2 is 1.81 bits per heavy atom. The molecule has 6 aliphatic rings. The molecule has 1 aromatic heterocycles. The first-order valence-corrected chi connectivity index (χ1v) is 16.0. The number of alkyl halides is 3. The Balaban J connectivity index is 1.15. The van der Waals surface area contributed by atoms with Crippen LogP contribution in [0.3, 0.4) is 0 Å². The van der Waals surface area contributed by atoms with Crippen LogP contribution in [0.2, 0.25) is 0 Å². The highest BCUT2D eigenvalue weighted by atomic mass is 19.4. The van der Waals surface area contributed by atoms with E-state index in [2.05, 4.69) is 15.7 Å². The van der Waals surface area contributed by atoms with Gasteiger partial charge in [0.1, 0.15) is 6.04 Å². The van der Waals surface area contributed by atoms with Gasteiger partial charge in [-0.05, 0) is 23.8 Å². The molecular formula is C33H39F3N6O5. The van der Waals surface area contributed by atoms with E-state index in [-0.39, 0.29) is 50.8 Å². The number of fused-ring (bicyclic) bond motifs is 3. The fraction of sp³-hybridized carbons (Fsp3) is 0.606. The number of rotatable bonds is 7. The Kier molecular flexibility index (Phi) is 7.27. The van der Waals surface area contributed by atoms with Gasteiger partial charge in [0.15, 0.2) is 0 Å². The van der Waals surface area contributed by atoms with Gasteiger partial charge in [0.25, 0.3) is 5.91 Å². The zero-order valence-corrected chi connectivity index (χ0v) is 26.5. The monoisotopic (exact) mass is 656 g/mol. The van der Waals surface area contributed by atoms with Crippen molar-refractivity contribution in [3.8, 4) is 0 Å². The standard InChI is InChI=1S/C33H39F3N6O5/c1-30(2)22-23(30)29(46)41-16-31(17-41)15-40(28(45)20-11-38-42(13-20)12-19-7-5-4-6-8-19)14-21(31)26(43)39-24(27(44)37-3)25(22)47-18-32(9-10-32)33(34,35)36/h4-8,11,13,21-25H,9-10,12,14-18H2,1-3H3,(H,37,44)(H,39,43)/t21-,22?,23+,24-,25+/m0/s1. The van der Waals surface area contributed by atoms with Gasteiger partial charge in [0.2, 0.25) is 17.7 Å². The first-order valence-electron chi connectivity index (χ1n) is 16.0. The molecule has 8 rings (SSSR count). The number of amides is 4. The molecule has 11 nitrogen and oxygen atoms in total. The molecule has 2 aliphatic carbocycles. The molecule has 0 radical (unpaired) electrons. The minimum absolute atomic E-state index is 0.0537. The number of likely N-dealkylation sites (tertiary alicyclic amines) is 1. The average molecular weight is 657 g/mol. The molecule has 4 aliphatic heterocycles. The van der Waals surface area contributed by atoms with E-state index in [0.29, 0.717) is 12.1 Å². The number of halogens is 3. The van der Waals surface area contributed by atoms with E-state index < -0.39 is 70.7 Å². The lowest BCUT2D eigenvalue weighted by atomic mass is 9.71. The number of carbonyl (C=O) groups excluding carboxylic acids is 4. The Labute approximate surface area is 270 Å². The van der Waals surface area contributed by atoms with Crippen LogP contribution in [0.4, 0.5) is 13.2 Å². The molecular weight excluding hydrogens is 617 g/mol. The third-order valence-corrected chi connectivity index (χ3v) is 11.3. The fourth-order valence-corrected chi connectivity index (χ4v) is 8.18. The topological polar surface area (TPSA) is 126 Å². The van der Waals surface area contributed by atoms with Gasteiger partial charge in [0, 0.05) is 56.7 Å². The molecule has 1 spiro atoms. The quantitative estimate of drug-likeness (QED) is 0.471. The minimum atomic E-state index is -4.47. The van der Waals surface area contributed by atoms with Crippen LogP contribution < -0.4 is 10.6 Å². The van der Waals surface area contributed by atoms with Crippen LogP contribution in [0.25, 0.3) is 0 Å². The second-order valence-corrected chi connectivity index (χ2v) is 14.7. The van der Waals surface area contributed by atoms with E-state index in [1.807, 2.05) is 44.2 Å². The number of hydrogen-bond donors (Lipinski definition) is 2. The Morgan fingerprint density at radius 3 is 2.45 bits per heavy atom. The third kappa shape index (κ3) is 5.19. The van der Waals surface area contributed by atoms with Crippen LogP contribution in [0.1, 0.15) is 42.6 Å². The number of hydrogen-bond acceptors (Lipinski definition) is 6. The van der Waals surface area contributed by atoms with Crippen LogP contribution in [-0.4, -0.2) is 101 Å². The fourth-order valence-electron chi connectivity index (χ4n) is 8.18. The lowest BCUT2D eigenvalue weighted by molar-refractivity contribution is -0.208. The maximum absolute atomic E-state index is 14.1. The molecule has 47 heavy (non-hydrogen) atoms. The second kappa shape index (κ2) is 10.8. The van der Waals surface area contributed by atoms with Crippen molar-refractivity contribution in [2.45, 2.75) is 51.6 Å². The van der Waals surface area contributed by atoms with E-state index in [1.165, 1.54) is 13.2 Å². The highest BCUT2D eigenvalue weighted by Crippen LogP contribution is 2.64. The number of ether oxygens (including phenoxy) is 1. The Morgan fingerprint density at radius 1 is 1.11 bits per heavy atom. The van der Waals surface area contributed by atoms with Crippen molar-refractivity contribution in [2.24, 2.45) is 34.0 Å². The summed E-state index contributed by atoms with van der Waals surface area (Å²) in [6, 6.07) is 8.35. The highest BCUT2D eigenvalue weighted by molar-refractivity contribution is 5.96. The maximum atomic E-state index is 14.1. The molecule has 2 aromatic rings. The van der Waals surface area contributed by atoms with Crippen LogP contribution in [0.5, 0.6) is 0 Å². The zero-order chi connectivity index (χ0) is 33.5. The smallest absolute Gasteiger partial charge is 0.374 e. The van der Waals surface area contributed by atoms with Crippen molar-refractivity contribution < 1.29 is 37.1 Å². The minimum Gasteiger partial charge on any atom is -0.374 e. The lowest BCUT2D eigenvalue weighted by Crippen LogP contribution is -2.65. The summed E-state index contributed by atoms with van der Waals surface area (Å²) in [4.78, 5) is 58.3. The van der Waals surface area contributed by atoms with Crippen LogP contribution in [-0.2, 0) is 25.7 Å². The van der Waals surface area contributed by atoms with E-state index in [0.717, 1.165) is 5.56 Å². The average Bonchev–Trinajstić information content (AvgIpc) is 3.77. The van der Waals surface area contributed by atoms with Crippen molar-refractivity contribution in [1.82, 2.24) is 30.2 Å². The molecule has 2 N–H and O–H groups in total. The summed E-state index contributed by atoms with van der Waals surface area (Å²) in [7, 11) is 1.38. The van der Waals surface area contributed by atoms with Crippen LogP contribution in [0, 0.1) is 34.0 Å². The van der Waals surface area contributed by atoms with E-state index in [1.54, 1.807) is 20.7 Å². The second-order valence-electron chi connectivity index (χ2n) is 14.7. The molecule has 2 saturated carbocycles. The molecule has 5 heterocycles. The summed E-state index contributed by atoms with van der Waals surface area (Å²) >= 11 is 0. The van der Waals surface area contributed by atoms with Crippen LogP contribution >= 0.6 is 0 Å². The number of carbonyl (C=O) groups is 4. The van der Waals surface area contributed by atoms with Gasteiger partial charge in [0.05, 0.1) is 42.3 Å². The van der Waals surface area contributed by atoms with Gasteiger partial charge >= 0.3 is 6.18 Å². The maximum Gasteiger partial charge on any atom is 0.396 e. The van der Waals surface area contributed by atoms with Crippen molar-refractivity contribution >= 4 is 23.6 Å². The third-order valence-electron chi connectivity index (χ3n) is 11.3. The van der Waals surface area contributed by atoms with E-state index >= 15 is 0 Å². The summed E-state index contributed by atoms with van der Waals surface area (Å²) in [6.45, 7) is 4.30. The molecule has 14 heteroatoms. The highest BCUT2D eigenvalue weighted by Gasteiger charge is 2.71. The van der Waals surface area contributed by atoms with Gasteiger partial charge in [-0.3, -0.25) is 23.9 Å². The lowest BCUT2D eigenvalue weighted by Gasteiger charge is -2.50. The van der Waals surface area contributed by atoms with E-state index in [4.69, 9.17) is 4.74 Å². The Bertz CT molecular complexity index is 1600. The first-order chi connectivity index (χ1) is 22.2.